The Balaban J connectivity index is 1.39. The summed E-state index contributed by atoms with van der Waals surface area (Å²) in [5.74, 6) is 2.64. The minimum atomic E-state index is -0.0556. The van der Waals surface area contributed by atoms with Crippen LogP contribution in [0.15, 0.2) is 0 Å². The molecule has 4 fully saturated rings. The second-order valence-electron chi connectivity index (χ2n) is 8.43. The highest BCUT2D eigenvalue weighted by molar-refractivity contribution is 5.84. The molecule has 0 radical (unpaired) electrons. The molecule has 4 heteroatoms. The third-order valence-corrected chi connectivity index (χ3v) is 6.25. The first kappa shape index (κ1) is 16.8. The van der Waals surface area contributed by atoms with Crippen LogP contribution in [-0.4, -0.2) is 24.9 Å². The highest BCUT2D eigenvalue weighted by atomic mass is 16.2. The fourth-order valence-corrected chi connectivity index (χ4v) is 5.75. The van der Waals surface area contributed by atoms with E-state index < -0.39 is 0 Å². The lowest BCUT2D eigenvalue weighted by molar-refractivity contribution is -0.131. The normalized spacial score (nSPS) is 34.4. The molecule has 4 nitrogen and oxygen atoms in total. The molecular formula is C19H32N2O2. The van der Waals surface area contributed by atoms with E-state index in [0.29, 0.717) is 6.42 Å². The zero-order chi connectivity index (χ0) is 16.3. The van der Waals surface area contributed by atoms with Gasteiger partial charge in [-0.05, 0) is 68.1 Å². The Morgan fingerprint density at radius 2 is 1.52 bits per heavy atom. The van der Waals surface area contributed by atoms with Gasteiger partial charge in [0.15, 0.2) is 0 Å². The minimum absolute atomic E-state index is 0.0556. The summed E-state index contributed by atoms with van der Waals surface area (Å²) in [5, 5.41) is 5.73. The molecule has 4 aliphatic rings. The maximum absolute atomic E-state index is 12.3. The van der Waals surface area contributed by atoms with Gasteiger partial charge in [0.2, 0.25) is 11.8 Å². The summed E-state index contributed by atoms with van der Waals surface area (Å²) >= 11 is 0. The van der Waals surface area contributed by atoms with E-state index in [0.717, 1.165) is 43.6 Å². The molecule has 0 unspecified atom stereocenters. The average molecular weight is 320 g/mol. The molecule has 0 heterocycles. The van der Waals surface area contributed by atoms with Crippen molar-refractivity contribution in [3.8, 4) is 0 Å². The quantitative estimate of drug-likeness (QED) is 0.675. The standard InChI is InChI=1S/C19H32N2O2/c1-2-3-4-5-20-18(23)13-21-17(22)12-19-9-14-6-15(10-19)8-16(7-14)11-19/h14-16H,2-13H2,1H3,(H,20,23)(H,21,22). The number of carbonyl (C=O) groups is 2. The van der Waals surface area contributed by atoms with Crippen LogP contribution in [0.25, 0.3) is 0 Å². The summed E-state index contributed by atoms with van der Waals surface area (Å²) in [7, 11) is 0. The number of nitrogens with one attached hydrogen (secondary N) is 2. The first-order valence-electron chi connectivity index (χ1n) is 9.62. The molecule has 0 aliphatic heterocycles. The predicted octanol–water partition coefficient (Wildman–Crippen LogP) is 3.02. The molecule has 2 N–H and O–H groups in total. The van der Waals surface area contributed by atoms with Crippen molar-refractivity contribution in [3.05, 3.63) is 0 Å². The van der Waals surface area contributed by atoms with Gasteiger partial charge < -0.3 is 10.6 Å². The van der Waals surface area contributed by atoms with E-state index in [9.17, 15) is 9.59 Å². The van der Waals surface area contributed by atoms with E-state index in [1.807, 2.05) is 0 Å². The monoisotopic (exact) mass is 320 g/mol. The molecule has 4 bridgehead atoms. The molecule has 0 atom stereocenters. The summed E-state index contributed by atoms with van der Waals surface area (Å²) in [6, 6.07) is 0. The van der Waals surface area contributed by atoms with Gasteiger partial charge in [-0.15, -0.1) is 0 Å². The van der Waals surface area contributed by atoms with Crippen LogP contribution in [0.4, 0.5) is 0 Å². The highest BCUT2D eigenvalue weighted by Gasteiger charge is 2.51. The Morgan fingerprint density at radius 3 is 2.09 bits per heavy atom. The maximum Gasteiger partial charge on any atom is 0.239 e. The zero-order valence-electron chi connectivity index (χ0n) is 14.5. The molecule has 4 rings (SSSR count). The second-order valence-corrected chi connectivity index (χ2v) is 8.43. The molecule has 130 valence electrons. The molecule has 4 aliphatic carbocycles. The van der Waals surface area contributed by atoms with E-state index in [-0.39, 0.29) is 23.8 Å². The number of rotatable bonds is 8. The Hall–Kier alpha value is -1.06. The summed E-state index contributed by atoms with van der Waals surface area (Å²) in [5.41, 5.74) is 0.260. The van der Waals surface area contributed by atoms with Gasteiger partial charge in [-0.1, -0.05) is 19.8 Å². The summed E-state index contributed by atoms with van der Waals surface area (Å²) in [6.07, 6.45) is 11.9. The molecule has 2 amide bonds. The van der Waals surface area contributed by atoms with Crippen LogP contribution < -0.4 is 10.6 Å². The Bertz CT molecular complexity index is 411. The van der Waals surface area contributed by atoms with Gasteiger partial charge in [-0.2, -0.15) is 0 Å². The largest absolute Gasteiger partial charge is 0.355 e. The van der Waals surface area contributed by atoms with Gasteiger partial charge >= 0.3 is 0 Å². The Kier molecular flexibility index (Phi) is 5.27. The van der Waals surface area contributed by atoms with Crippen molar-refractivity contribution in [2.75, 3.05) is 13.1 Å². The molecule has 23 heavy (non-hydrogen) atoms. The molecule has 0 spiro atoms. The zero-order valence-corrected chi connectivity index (χ0v) is 14.5. The second kappa shape index (κ2) is 7.23. The van der Waals surface area contributed by atoms with Crippen molar-refractivity contribution in [3.63, 3.8) is 0 Å². The van der Waals surface area contributed by atoms with Crippen LogP contribution in [0.1, 0.15) is 71.1 Å². The molecule has 0 saturated heterocycles. The van der Waals surface area contributed by atoms with Crippen LogP contribution in [-0.2, 0) is 9.59 Å². The van der Waals surface area contributed by atoms with E-state index in [1.54, 1.807) is 0 Å². The summed E-state index contributed by atoms with van der Waals surface area (Å²) in [4.78, 5) is 24.1. The number of hydrogen-bond donors (Lipinski definition) is 2. The summed E-state index contributed by atoms with van der Waals surface area (Å²) < 4.78 is 0. The van der Waals surface area contributed by atoms with Crippen molar-refractivity contribution in [2.24, 2.45) is 23.2 Å². The lowest BCUT2D eigenvalue weighted by atomic mass is 9.49. The summed E-state index contributed by atoms with van der Waals surface area (Å²) in [6.45, 7) is 3.00. The number of hydrogen-bond acceptors (Lipinski definition) is 2. The van der Waals surface area contributed by atoms with E-state index in [2.05, 4.69) is 17.6 Å². The topological polar surface area (TPSA) is 58.2 Å². The Labute approximate surface area is 140 Å². The molecule has 0 aromatic heterocycles. The third kappa shape index (κ3) is 4.27. The average Bonchev–Trinajstić information content (AvgIpc) is 2.48. The first-order chi connectivity index (χ1) is 11.1. The van der Waals surface area contributed by atoms with Gasteiger partial charge in [-0.25, -0.2) is 0 Å². The lowest BCUT2D eigenvalue weighted by Gasteiger charge is -2.56. The fraction of sp³-hybridized carbons (Fsp3) is 0.895. The van der Waals surface area contributed by atoms with Crippen molar-refractivity contribution >= 4 is 11.8 Å². The molecule has 0 aromatic carbocycles. The van der Waals surface area contributed by atoms with Gasteiger partial charge in [0.05, 0.1) is 6.54 Å². The van der Waals surface area contributed by atoms with Crippen LogP contribution >= 0.6 is 0 Å². The van der Waals surface area contributed by atoms with Crippen LogP contribution in [0.3, 0.4) is 0 Å². The number of carbonyl (C=O) groups excluding carboxylic acids is 2. The lowest BCUT2D eigenvalue weighted by Crippen LogP contribution is -2.48. The van der Waals surface area contributed by atoms with Gasteiger partial charge in [0, 0.05) is 13.0 Å². The van der Waals surface area contributed by atoms with Crippen molar-refractivity contribution in [2.45, 2.75) is 71.1 Å². The Morgan fingerprint density at radius 1 is 0.913 bits per heavy atom. The van der Waals surface area contributed by atoms with Crippen LogP contribution in [0.5, 0.6) is 0 Å². The fourth-order valence-electron chi connectivity index (χ4n) is 5.75. The minimum Gasteiger partial charge on any atom is -0.355 e. The number of unbranched alkanes of at least 4 members (excludes halogenated alkanes) is 2. The maximum atomic E-state index is 12.3. The van der Waals surface area contributed by atoms with Gasteiger partial charge in [-0.3, -0.25) is 9.59 Å². The highest BCUT2D eigenvalue weighted by Crippen LogP contribution is 2.61. The van der Waals surface area contributed by atoms with Crippen LogP contribution in [0.2, 0.25) is 0 Å². The van der Waals surface area contributed by atoms with E-state index in [1.165, 1.54) is 38.5 Å². The van der Waals surface area contributed by atoms with Crippen molar-refractivity contribution in [1.82, 2.24) is 10.6 Å². The van der Waals surface area contributed by atoms with Gasteiger partial charge in [0.1, 0.15) is 0 Å². The smallest absolute Gasteiger partial charge is 0.239 e. The molecule has 4 saturated carbocycles. The predicted molar refractivity (Wildman–Crippen MR) is 90.8 cm³/mol. The first-order valence-corrected chi connectivity index (χ1v) is 9.62. The molecule has 0 aromatic rings. The van der Waals surface area contributed by atoms with Crippen molar-refractivity contribution in [1.29, 1.82) is 0 Å². The van der Waals surface area contributed by atoms with Crippen LogP contribution in [0, 0.1) is 23.2 Å². The number of amides is 2. The third-order valence-electron chi connectivity index (χ3n) is 6.25. The van der Waals surface area contributed by atoms with E-state index >= 15 is 0 Å². The SMILES string of the molecule is CCCCCNC(=O)CNC(=O)CC12CC3CC(CC(C3)C1)C2. The molecular weight excluding hydrogens is 288 g/mol. The van der Waals surface area contributed by atoms with Crippen molar-refractivity contribution < 1.29 is 9.59 Å². The van der Waals surface area contributed by atoms with E-state index in [4.69, 9.17) is 0 Å². The van der Waals surface area contributed by atoms with Gasteiger partial charge in [0.25, 0.3) is 0 Å².